The molecule has 3 heterocycles. The van der Waals surface area contributed by atoms with E-state index in [0.29, 0.717) is 11.1 Å². The Kier molecular flexibility index (Phi) is 6.45. The second-order valence-corrected chi connectivity index (χ2v) is 7.28. The van der Waals surface area contributed by atoms with Crippen LogP contribution in [0.5, 0.6) is 0 Å². The number of ketones is 1. The molecule has 0 aromatic carbocycles. The fraction of sp³-hybridized carbons (Fsp3) is 0.381. The number of hydrogen-bond donors (Lipinski definition) is 1. The summed E-state index contributed by atoms with van der Waals surface area (Å²) >= 11 is 0. The van der Waals surface area contributed by atoms with Crippen molar-refractivity contribution in [3.63, 3.8) is 0 Å². The summed E-state index contributed by atoms with van der Waals surface area (Å²) in [5, 5.41) is 8.93. The molecule has 1 atom stereocenters. The third-order valence-electron chi connectivity index (χ3n) is 5.08. The maximum atomic E-state index is 15.0. The number of aromatic nitrogens is 2. The molecular weight excluding hydrogens is 427 g/mol. The van der Waals surface area contributed by atoms with Crippen molar-refractivity contribution in [2.45, 2.75) is 31.2 Å². The smallest absolute Gasteiger partial charge is 0.312 e. The molecule has 2 N–H and O–H groups in total. The Labute approximate surface area is 181 Å². The molecule has 168 valence electrons. The lowest BCUT2D eigenvalue weighted by molar-refractivity contribution is -0.131. The van der Waals surface area contributed by atoms with Gasteiger partial charge >= 0.3 is 5.92 Å². The molecule has 2 aromatic heterocycles. The molecule has 0 unspecified atom stereocenters. The summed E-state index contributed by atoms with van der Waals surface area (Å²) in [5.74, 6) is -5.14. The van der Waals surface area contributed by atoms with Crippen LogP contribution in [0.1, 0.15) is 39.4 Å². The van der Waals surface area contributed by atoms with E-state index < -0.39 is 47.8 Å². The zero-order chi connectivity index (χ0) is 23.5. The van der Waals surface area contributed by atoms with E-state index in [1.54, 1.807) is 6.92 Å². The average Bonchev–Trinajstić information content (AvgIpc) is 2.75. The molecule has 0 saturated heterocycles. The quantitative estimate of drug-likeness (QED) is 0.647. The molecule has 0 bridgehead atoms. The van der Waals surface area contributed by atoms with Crippen LogP contribution in [0.25, 0.3) is 0 Å². The molecule has 0 amide bonds. The molecule has 32 heavy (non-hydrogen) atoms. The molecule has 0 fully saturated rings. The summed E-state index contributed by atoms with van der Waals surface area (Å²) in [6, 6.07) is 5.09. The molecule has 11 heteroatoms. The third-order valence-corrected chi connectivity index (χ3v) is 5.08. The van der Waals surface area contributed by atoms with Crippen molar-refractivity contribution in [3.05, 3.63) is 58.4 Å². The number of ether oxygens (including phenoxy) is 2. The zero-order valence-electron chi connectivity index (χ0n) is 17.4. The van der Waals surface area contributed by atoms with E-state index in [1.807, 2.05) is 6.07 Å². The van der Waals surface area contributed by atoms with Crippen molar-refractivity contribution in [1.82, 2.24) is 9.97 Å². The van der Waals surface area contributed by atoms with Gasteiger partial charge in [-0.25, -0.2) is 9.38 Å². The number of nitriles is 1. The Morgan fingerprint density at radius 3 is 2.81 bits per heavy atom. The number of carbonyl (C=O) groups is 1. The van der Waals surface area contributed by atoms with Crippen LogP contribution in [0.3, 0.4) is 0 Å². The number of aliphatic imine (C=N–C) groups is 1. The lowest BCUT2D eigenvalue weighted by Gasteiger charge is -2.39. The first-order valence-corrected chi connectivity index (χ1v) is 9.54. The average molecular weight is 447 g/mol. The molecule has 0 aliphatic carbocycles. The Morgan fingerprint density at radius 2 is 2.16 bits per heavy atom. The van der Waals surface area contributed by atoms with Crippen LogP contribution < -0.4 is 5.73 Å². The minimum atomic E-state index is -3.64. The lowest BCUT2D eigenvalue weighted by atomic mass is 9.83. The lowest BCUT2D eigenvalue weighted by Crippen LogP contribution is -2.54. The summed E-state index contributed by atoms with van der Waals surface area (Å²) in [6.45, 7) is 0.333. The van der Waals surface area contributed by atoms with Gasteiger partial charge in [0.25, 0.3) is 6.02 Å². The topological polar surface area (TPSA) is 123 Å². The Bertz CT molecular complexity index is 1120. The number of halogens is 3. The normalized spacial score (nSPS) is 19.6. The first-order chi connectivity index (χ1) is 15.1. The minimum absolute atomic E-state index is 0.0461. The van der Waals surface area contributed by atoms with E-state index in [4.69, 9.17) is 15.7 Å². The molecule has 3 rings (SSSR count). The highest BCUT2D eigenvalue weighted by Gasteiger charge is 2.60. The van der Waals surface area contributed by atoms with Crippen molar-refractivity contribution in [2.75, 3.05) is 20.3 Å². The van der Waals surface area contributed by atoms with Crippen molar-refractivity contribution in [2.24, 2.45) is 10.7 Å². The van der Waals surface area contributed by atoms with Gasteiger partial charge < -0.3 is 15.2 Å². The highest BCUT2D eigenvalue weighted by molar-refractivity contribution is 5.96. The fourth-order valence-corrected chi connectivity index (χ4v) is 3.47. The molecular formula is C21H20F3N5O3. The number of hydrogen-bond acceptors (Lipinski definition) is 8. The van der Waals surface area contributed by atoms with Crippen molar-refractivity contribution in [1.29, 1.82) is 5.26 Å². The number of Topliss-reactive ketones (excluding diaryl/α,β-unsaturated/α-hetero) is 1. The van der Waals surface area contributed by atoms with Gasteiger partial charge in [-0.15, -0.1) is 0 Å². The van der Waals surface area contributed by atoms with Gasteiger partial charge in [0.15, 0.2) is 17.9 Å². The maximum absolute atomic E-state index is 15.0. The number of alkyl halides is 2. The second kappa shape index (κ2) is 8.92. The number of amidine groups is 1. The summed E-state index contributed by atoms with van der Waals surface area (Å²) in [6.07, 6.45) is 0.510. The number of aryl methyl sites for hydroxylation is 1. The fourth-order valence-electron chi connectivity index (χ4n) is 3.47. The predicted octanol–water partition coefficient (Wildman–Crippen LogP) is 2.43. The van der Waals surface area contributed by atoms with E-state index in [-0.39, 0.29) is 24.4 Å². The van der Waals surface area contributed by atoms with Crippen molar-refractivity contribution in [3.8, 4) is 6.07 Å². The van der Waals surface area contributed by atoms with E-state index in [0.717, 1.165) is 6.07 Å². The monoisotopic (exact) mass is 447 g/mol. The predicted molar refractivity (Wildman–Crippen MR) is 107 cm³/mol. The second-order valence-electron chi connectivity index (χ2n) is 7.28. The third kappa shape index (κ3) is 4.27. The number of nitrogens with two attached hydrogens (primary N) is 1. The standard InChI is InChI=1S/C21H20F3N5O3/c1-12-7-13(9-25)10-27-17(12)16(30)8-14-3-4-15(22)18(28-14)20(5-6-31-2)21(23,24)11-32-19(26)29-20/h3-4,7,10H,5-6,8,11H2,1-2H3,(H2,26,29)/t20-/m1/s1. The van der Waals surface area contributed by atoms with Crippen LogP contribution in [-0.2, 0) is 21.4 Å². The number of pyridine rings is 2. The largest absolute Gasteiger partial charge is 0.459 e. The first kappa shape index (κ1) is 23.1. The Balaban J connectivity index is 2.03. The number of carbonyl (C=O) groups excluding carboxylic acids is 1. The summed E-state index contributed by atoms with van der Waals surface area (Å²) < 4.78 is 54.4. The highest BCUT2D eigenvalue weighted by atomic mass is 19.3. The SMILES string of the molecule is COCC[C@]1(c2nc(CC(=O)c3ncc(C#N)cc3C)ccc2F)N=C(N)OCC1(F)F. The molecule has 8 nitrogen and oxygen atoms in total. The number of rotatable bonds is 7. The van der Waals surface area contributed by atoms with Gasteiger partial charge in [0.1, 0.15) is 23.3 Å². The van der Waals surface area contributed by atoms with Crippen LogP contribution in [0.4, 0.5) is 13.2 Å². The van der Waals surface area contributed by atoms with Gasteiger partial charge in [-0.05, 0) is 30.7 Å². The maximum Gasteiger partial charge on any atom is 0.312 e. The van der Waals surface area contributed by atoms with E-state index in [2.05, 4.69) is 19.7 Å². The first-order valence-electron chi connectivity index (χ1n) is 9.54. The summed E-state index contributed by atoms with van der Waals surface area (Å²) in [7, 11) is 1.31. The van der Waals surface area contributed by atoms with Crippen molar-refractivity contribution >= 4 is 11.8 Å². The molecule has 1 aliphatic heterocycles. The van der Waals surface area contributed by atoms with Gasteiger partial charge in [0.2, 0.25) is 0 Å². The Hall–Kier alpha value is -3.52. The van der Waals surface area contributed by atoms with E-state index >= 15 is 8.78 Å². The van der Waals surface area contributed by atoms with Gasteiger partial charge in [-0.1, -0.05) is 0 Å². The van der Waals surface area contributed by atoms with E-state index in [9.17, 15) is 9.18 Å². The molecule has 0 saturated carbocycles. The molecule has 1 aliphatic rings. The van der Waals surface area contributed by atoms with Gasteiger partial charge in [-0.3, -0.25) is 14.8 Å². The molecule has 0 radical (unpaired) electrons. The number of methoxy groups -OCH3 is 1. The van der Waals surface area contributed by atoms with Crippen LogP contribution in [0, 0.1) is 24.1 Å². The van der Waals surface area contributed by atoms with Gasteiger partial charge in [-0.2, -0.15) is 14.0 Å². The number of nitrogens with zero attached hydrogens (tertiary/aromatic N) is 4. The van der Waals surface area contributed by atoms with Crippen molar-refractivity contribution < 1.29 is 27.4 Å². The molecule has 2 aromatic rings. The zero-order valence-corrected chi connectivity index (χ0v) is 17.4. The minimum Gasteiger partial charge on any atom is -0.459 e. The van der Waals surface area contributed by atoms with Crippen LogP contribution >= 0.6 is 0 Å². The van der Waals surface area contributed by atoms with Gasteiger partial charge in [0.05, 0.1) is 12.0 Å². The van der Waals surface area contributed by atoms with Crippen LogP contribution in [0.2, 0.25) is 0 Å². The molecule has 0 spiro atoms. The van der Waals surface area contributed by atoms with Crippen LogP contribution in [0.15, 0.2) is 29.4 Å². The van der Waals surface area contributed by atoms with E-state index in [1.165, 1.54) is 25.4 Å². The summed E-state index contributed by atoms with van der Waals surface area (Å²) in [5.41, 5.74) is 3.34. The highest BCUT2D eigenvalue weighted by Crippen LogP contribution is 2.46. The van der Waals surface area contributed by atoms with Gasteiger partial charge in [0, 0.05) is 32.0 Å². The summed E-state index contributed by atoms with van der Waals surface area (Å²) in [4.78, 5) is 24.5. The Morgan fingerprint density at radius 1 is 1.41 bits per heavy atom. The van der Waals surface area contributed by atoms with Crippen LogP contribution in [-0.4, -0.2) is 48.0 Å².